The van der Waals surface area contributed by atoms with E-state index in [9.17, 15) is 18.8 Å². The Morgan fingerprint density at radius 3 is 2.67 bits per heavy atom. The number of halogens is 2. The minimum Gasteiger partial charge on any atom is -0.328 e. The molecule has 8 heteroatoms. The van der Waals surface area contributed by atoms with Crippen LogP contribution < -0.4 is 0 Å². The Morgan fingerprint density at radius 1 is 1.00 bits per heavy atom. The smallest absolute Gasteiger partial charge is 0.290 e. The summed E-state index contributed by atoms with van der Waals surface area (Å²) in [7, 11) is 0. The third-order valence-corrected chi connectivity index (χ3v) is 5.66. The average molecular weight is 441 g/mol. The highest BCUT2D eigenvalue weighted by Gasteiger charge is 2.28. The van der Waals surface area contributed by atoms with E-state index in [4.69, 9.17) is 0 Å². The Bertz CT molecular complexity index is 1410. The first-order chi connectivity index (χ1) is 16.0. The van der Waals surface area contributed by atoms with E-state index in [0.717, 1.165) is 11.8 Å². The van der Waals surface area contributed by atoms with Crippen molar-refractivity contribution < 1.29 is 13.6 Å². The number of nitrogens with zero attached hydrogens (tertiary/aromatic N) is 5. The lowest BCUT2D eigenvalue weighted by molar-refractivity contribution is 0.0681. The van der Waals surface area contributed by atoms with Gasteiger partial charge in [0.25, 0.3) is 5.91 Å². The number of aromatic nitrogens is 3. The van der Waals surface area contributed by atoms with E-state index in [1.54, 1.807) is 29.4 Å². The fraction of sp³-hybridized carbons (Fsp3) is 0.120. The van der Waals surface area contributed by atoms with Crippen LogP contribution in [0, 0.1) is 23.0 Å². The molecule has 1 aliphatic rings. The molecule has 0 aliphatic carbocycles. The minimum absolute atomic E-state index is 0.0432. The number of rotatable bonds is 4. The van der Waals surface area contributed by atoms with Crippen molar-refractivity contribution in [3.8, 4) is 28.5 Å². The van der Waals surface area contributed by atoms with Crippen molar-refractivity contribution in [2.75, 3.05) is 6.54 Å². The second-order valence-electron chi connectivity index (χ2n) is 7.66. The molecule has 0 spiro atoms. The highest BCUT2D eigenvalue weighted by Crippen LogP contribution is 2.32. The molecule has 0 saturated heterocycles. The standard InChI is InChI=1S/C25H17F2N5O/c26-18-5-6-20(17(11-18)13-28)21-12-16(4-7-22(21)27)23-14-30-24-25(33)31(9-10-32(23)24)15-19-3-1-2-8-29-19/h1-8,11-12,14H,9-10,15H2. The summed E-state index contributed by atoms with van der Waals surface area (Å²) in [5.41, 5.74) is 2.62. The molecule has 0 fully saturated rings. The van der Waals surface area contributed by atoms with Crippen molar-refractivity contribution in [2.45, 2.75) is 13.1 Å². The second kappa shape index (κ2) is 8.28. The highest BCUT2D eigenvalue weighted by atomic mass is 19.1. The van der Waals surface area contributed by atoms with Gasteiger partial charge in [-0.3, -0.25) is 9.78 Å². The zero-order valence-corrected chi connectivity index (χ0v) is 17.4. The predicted molar refractivity (Wildman–Crippen MR) is 117 cm³/mol. The van der Waals surface area contributed by atoms with Gasteiger partial charge in [0.1, 0.15) is 11.6 Å². The van der Waals surface area contributed by atoms with Gasteiger partial charge in [0, 0.05) is 36.0 Å². The molecule has 0 atom stereocenters. The molecule has 0 saturated carbocycles. The fourth-order valence-electron chi connectivity index (χ4n) is 4.04. The van der Waals surface area contributed by atoms with Gasteiger partial charge in [-0.25, -0.2) is 13.8 Å². The number of hydrogen-bond acceptors (Lipinski definition) is 4. The quantitative estimate of drug-likeness (QED) is 0.470. The van der Waals surface area contributed by atoms with Crippen molar-refractivity contribution in [3.05, 3.63) is 95.7 Å². The maximum Gasteiger partial charge on any atom is 0.290 e. The van der Waals surface area contributed by atoms with Gasteiger partial charge < -0.3 is 9.47 Å². The zero-order valence-electron chi connectivity index (χ0n) is 17.4. The molecule has 2 aromatic carbocycles. The summed E-state index contributed by atoms with van der Waals surface area (Å²) in [4.78, 5) is 23.3. The van der Waals surface area contributed by atoms with Gasteiger partial charge in [-0.1, -0.05) is 12.1 Å². The molecule has 0 bridgehead atoms. The van der Waals surface area contributed by atoms with Crippen molar-refractivity contribution in [3.63, 3.8) is 0 Å². The number of benzene rings is 2. The van der Waals surface area contributed by atoms with Gasteiger partial charge in [-0.15, -0.1) is 0 Å². The van der Waals surface area contributed by atoms with Gasteiger partial charge in [0.05, 0.1) is 35.8 Å². The molecular weight excluding hydrogens is 424 g/mol. The van der Waals surface area contributed by atoms with Crippen molar-refractivity contribution in [1.82, 2.24) is 19.4 Å². The largest absolute Gasteiger partial charge is 0.328 e. The molecule has 162 valence electrons. The van der Waals surface area contributed by atoms with E-state index in [0.29, 0.717) is 42.3 Å². The molecule has 33 heavy (non-hydrogen) atoms. The van der Waals surface area contributed by atoms with Crippen LogP contribution in [-0.4, -0.2) is 31.9 Å². The molecule has 1 amide bonds. The number of pyridine rings is 1. The summed E-state index contributed by atoms with van der Waals surface area (Å²) in [6.45, 7) is 1.40. The van der Waals surface area contributed by atoms with Crippen LogP contribution >= 0.6 is 0 Å². The van der Waals surface area contributed by atoms with E-state index < -0.39 is 11.6 Å². The Morgan fingerprint density at radius 2 is 1.88 bits per heavy atom. The zero-order chi connectivity index (χ0) is 22.9. The molecule has 4 aromatic rings. The van der Waals surface area contributed by atoms with Crippen molar-refractivity contribution in [1.29, 1.82) is 5.26 Å². The van der Waals surface area contributed by atoms with Crippen LogP contribution in [0.25, 0.3) is 22.4 Å². The summed E-state index contributed by atoms with van der Waals surface area (Å²) in [5, 5.41) is 9.37. The topological polar surface area (TPSA) is 74.8 Å². The first-order valence-corrected chi connectivity index (χ1v) is 10.3. The van der Waals surface area contributed by atoms with E-state index in [1.807, 2.05) is 28.8 Å². The summed E-state index contributed by atoms with van der Waals surface area (Å²) in [5.74, 6) is -0.994. The van der Waals surface area contributed by atoms with Crippen LogP contribution in [0.15, 0.2) is 67.0 Å². The van der Waals surface area contributed by atoms with Crippen LogP contribution in [0.1, 0.15) is 21.9 Å². The highest BCUT2D eigenvalue weighted by molar-refractivity contribution is 5.92. The van der Waals surface area contributed by atoms with E-state index in [1.165, 1.54) is 18.2 Å². The number of amides is 1. The van der Waals surface area contributed by atoms with Crippen LogP contribution in [-0.2, 0) is 13.1 Å². The Balaban J connectivity index is 1.50. The average Bonchev–Trinajstić information content (AvgIpc) is 3.27. The maximum absolute atomic E-state index is 14.7. The van der Waals surface area contributed by atoms with E-state index in [2.05, 4.69) is 9.97 Å². The SMILES string of the molecule is N#Cc1cc(F)ccc1-c1cc(-c2cnc3n2CCN(Cc2ccccn2)C3=O)ccc1F. The number of fused-ring (bicyclic) bond motifs is 1. The lowest BCUT2D eigenvalue weighted by atomic mass is 9.97. The molecule has 5 rings (SSSR count). The van der Waals surface area contributed by atoms with Crippen LogP contribution in [0.2, 0.25) is 0 Å². The van der Waals surface area contributed by atoms with Crippen LogP contribution in [0.5, 0.6) is 0 Å². The Hall–Kier alpha value is -4.38. The maximum atomic E-state index is 14.7. The number of hydrogen-bond donors (Lipinski definition) is 0. The fourth-order valence-corrected chi connectivity index (χ4v) is 4.04. The first-order valence-electron chi connectivity index (χ1n) is 10.3. The second-order valence-corrected chi connectivity index (χ2v) is 7.66. The third-order valence-electron chi connectivity index (χ3n) is 5.66. The number of imidazole rings is 1. The summed E-state index contributed by atoms with van der Waals surface area (Å²) >= 11 is 0. The number of carbonyl (C=O) groups excluding carboxylic acids is 1. The van der Waals surface area contributed by atoms with E-state index in [-0.39, 0.29) is 17.0 Å². The molecule has 0 radical (unpaired) electrons. The summed E-state index contributed by atoms with van der Waals surface area (Å²) < 4.78 is 30.0. The van der Waals surface area contributed by atoms with E-state index >= 15 is 0 Å². The van der Waals surface area contributed by atoms with Crippen LogP contribution in [0.4, 0.5) is 8.78 Å². The molecule has 1 aliphatic heterocycles. The normalized spacial score (nSPS) is 13.0. The lowest BCUT2D eigenvalue weighted by Gasteiger charge is -2.28. The van der Waals surface area contributed by atoms with Gasteiger partial charge in [0.15, 0.2) is 5.82 Å². The van der Waals surface area contributed by atoms with Gasteiger partial charge >= 0.3 is 0 Å². The first kappa shape index (κ1) is 20.5. The minimum atomic E-state index is -0.564. The monoisotopic (exact) mass is 441 g/mol. The van der Waals surface area contributed by atoms with Gasteiger partial charge in [0.2, 0.25) is 0 Å². The van der Waals surface area contributed by atoms with Crippen molar-refractivity contribution >= 4 is 5.91 Å². The molecule has 3 heterocycles. The molecule has 0 N–H and O–H groups in total. The third kappa shape index (κ3) is 3.74. The Labute approximate surface area is 188 Å². The molecule has 6 nitrogen and oxygen atoms in total. The number of carbonyl (C=O) groups is 1. The van der Waals surface area contributed by atoms with Crippen LogP contribution in [0.3, 0.4) is 0 Å². The van der Waals surface area contributed by atoms with Gasteiger partial charge in [-0.05, 0) is 42.5 Å². The number of nitriles is 1. The van der Waals surface area contributed by atoms with Gasteiger partial charge in [-0.2, -0.15) is 5.26 Å². The molecule has 0 unspecified atom stereocenters. The lowest BCUT2D eigenvalue weighted by Crippen LogP contribution is -2.40. The summed E-state index contributed by atoms with van der Waals surface area (Å²) in [6, 6.07) is 15.6. The Kier molecular flexibility index (Phi) is 5.15. The molecule has 2 aromatic heterocycles. The molecular formula is C25H17F2N5O. The predicted octanol–water partition coefficient (Wildman–Crippen LogP) is 4.42. The summed E-state index contributed by atoms with van der Waals surface area (Å²) in [6.07, 6.45) is 3.28. The van der Waals surface area contributed by atoms with Crippen molar-refractivity contribution in [2.24, 2.45) is 0 Å².